The van der Waals surface area contributed by atoms with E-state index in [1.54, 1.807) is 6.20 Å². The Balaban J connectivity index is 1.92. The van der Waals surface area contributed by atoms with E-state index in [0.717, 1.165) is 35.7 Å². The zero-order valence-corrected chi connectivity index (χ0v) is 11.5. The number of para-hydroxylation sites is 1. The molecule has 0 unspecified atom stereocenters. The Bertz CT molecular complexity index is 605. The normalized spacial score (nSPS) is 24.4. The number of fused-ring (bicyclic) bond motifs is 1. The van der Waals surface area contributed by atoms with Crippen LogP contribution in [0.5, 0.6) is 0 Å². The van der Waals surface area contributed by atoms with Crippen LogP contribution in [0.3, 0.4) is 0 Å². The van der Waals surface area contributed by atoms with Crippen molar-refractivity contribution in [2.24, 2.45) is 0 Å². The minimum Gasteiger partial charge on any atom is -0.387 e. The fourth-order valence-corrected chi connectivity index (χ4v) is 3.03. The summed E-state index contributed by atoms with van der Waals surface area (Å²) >= 11 is 0. The second kappa shape index (κ2) is 5.73. The maximum absolute atomic E-state index is 10.7. The van der Waals surface area contributed by atoms with Crippen LogP contribution in [0, 0.1) is 0 Å². The molecule has 20 heavy (non-hydrogen) atoms. The summed E-state index contributed by atoms with van der Waals surface area (Å²) in [4.78, 5) is 4.35. The third-order valence-corrected chi connectivity index (χ3v) is 4.13. The fourth-order valence-electron chi connectivity index (χ4n) is 3.03. The van der Waals surface area contributed by atoms with Gasteiger partial charge in [0.15, 0.2) is 0 Å². The average Bonchev–Trinajstić information content (AvgIpc) is 2.53. The number of aromatic nitrogens is 1. The van der Waals surface area contributed by atoms with Gasteiger partial charge in [0, 0.05) is 23.7 Å². The molecule has 3 heteroatoms. The van der Waals surface area contributed by atoms with E-state index in [-0.39, 0.29) is 6.04 Å². The average molecular weight is 268 g/mol. The minimum atomic E-state index is -0.509. The van der Waals surface area contributed by atoms with Crippen LogP contribution in [0.15, 0.2) is 49.2 Å². The van der Waals surface area contributed by atoms with Gasteiger partial charge in [-0.25, -0.2) is 0 Å². The van der Waals surface area contributed by atoms with Crippen molar-refractivity contribution >= 4 is 10.9 Å². The number of nitrogens with one attached hydrogen (secondary N) is 1. The molecule has 1 saturated heterocycles. The van der Waals surface area contributed by atoms with Crippen molar-refractivity contribution in [2.45, 2.75) is 37.5 Å². The van der Waals surface area contributed by atoms with Crippen LogP contribution in [-0.2, 0) is 0 Å². The van der Waals surface area contributed by atoms with Crippen molar-refractivity contribution in [3.63, 3.8) is 0 Å². The van der Waals surface area contributed by atoms with Gasteiger partial charge in [-0.3, -0.25) is 4.98 Å². The molecular weight excluding hydrogens is 248 g/mol. The first-order valence-electron chi connectivity index (χ1n) is 7.20. The number of nitrogens with zero attached hydrogens (tertiary/aromatic N) is 1. The highest BCUT2D eigenvalue weighted by atomic mass is 16.3. The molecule has 0 spiro atoms. The summed E-state index contributed by atoms with van der Waals surface area (Å²) in [6.45, 7) is 3.85. The van der Waals surface area contributed by atoms with Gasteiger partial charge in [-0.1, -0.05) is 24.3 Å². The molecule has 2 aromatic rings. The summed E-state index contributed by atoms with van der Waals surface area (Å²) in [5.74, 6) is 0. The van der Waals surface area contributed by atoms with E-state index in [2.05, 4.69) is 16.9 Å². The van der Waals surface area contributed by atoms with E-state index in [1.807, 2.05) is 36.4 Å². The molecule has 0 radical (unpaired) electrons. The van der Waals surface area contributed by atoms with E-state index in [0.29, 0.717) is 6.04 Å². The number of aliphatic hydroxyl groups excluding tert-OH is 1. The van der Waals surface area contributed by atoms with Gasteiger partial charge in [-0.05, 0) is 37.0 Å². The Morgan fingerprint density at radius 3 is 3.00 bits per heavy atom. The Labute approximate surface area is 119 Å². The molecule has 0 bridgehead atoms. The van der Waals surface area contributed by atoms with Crippen LogP contribution in [0.1, 0.15) is 30.9 Å². The Morgan fingerprint density at radius 1 is 1.30 bits per heavy atom. The topological polar surface area (TPSA) is 45.2 Å². The molecule has 3 nitrogen and oxygen atoms in total. The lowest BCUT2D eigenvalue weighted by molar-refractivity contribution is 0.108. The van der Waals surface area contributed by atoms with Crippen LogP contribution in [0.25, 0.3) is 10.9 Å². The molecule has 3 rings (SSSR count). The number of rotatable bonds is 3. The first-order chi connectivity index (χ1) is 9.79. The van der Waals surface area contributed by atoms with Crippen LogP contribution in [-0.4, -0.2) is 22.2 Å². The van der Waals surface area contributed by atoms with Gasteiger partial charge in [0.2, 0.25) is 0 Å². The van der Waals surface area contributed by atoms with Crippen LogP contribution in [0.2, 0.25) is 0 Å². The third-order valence-electron chi connectivity index (χ3n) is 4.13. The molecule has 0 aliphatic carbocycles. The van der Waals surface area contributed by atoms with E-state index >= 15 is 0 Å². The summed E-state index contributed by atoms with van der Waals surface area (Å²) < 4.78 is 0. The zero-order valence-electron chi connectivity index (χ0n) is 11.5. The van der Waals surface area contributed by atoms with Gasteiger partial charge >= 0.3 is 0 Å². The van der Waals surface area contributed by atoms with Crippen LogP contribution in [0.4, 0.5) is 0 Å². The van der Waals surface area contributed by atoms with Crippen molar-refractivity contribution in [2.75, 3.05) is 0 Å². The first-order valence-corrected chi connectivity index (χ1v) is 7.20. The van der Waals surface area contributed by atoms with Crippen molar-refractivity contribution in [1.82, 2.24) is 10.3 Å². The zero-order chi connectivity index (χ0) is 13.9. The molecule has 0 saturated carbocycles. The van der Waals surface area contributed by atoms with Gasteiger partial charge < -0.3 is 10.4 Å². The molecule has 1 aromatic carbocycles. The molecule has 104 valence electrons. The largest absolute Gasteiger partial charge is 0.387 e. The summed E-state index contributed by atoms with van der Waals surface area (Å²) in [7, 11) is 0. The molecule has 1 aliphatic heterocycles. The molecule has 2 heterocycles. The predicted molar refractivity (Wildman–Crippen MR) is 81.5 cm³/mol. The second-order valence-corrected chi connectivity index (χ2v) is 5.41. The Morgan fingerprint density at radius 2 is 2.15 bits per heavy atom. The maximum atomic E-state index is 10.7. The van der Waals surface area contributed by atoms with Crippen LogP contribution < -0.4 is 5.32 Å². The van der Waals surface area contributed by atoms with E-state index < -0.39 is 6.10 Å². The van der Waals surface area contributed by atoms with E-state index in [9.17, 15) is 5.11 Å². The van der Waals surface area contributed by atoms with Gasteiger partial charge in [0.05, 0.1) is 11.6 Å². The fraction of sp³-hybridized carbons (Fsp3) is 0.353. The number of pyridine rings is 1. The number of benzene rings is 1. The molecule has 2 N–H and O–H groups in total. The van der Waals surface area contributed by atoms with Gasteiger partial charge in [0.1, 0.15) is 0 Å². The standard InChI is InChI=1S/C17H20N2O/c1-2-12-6-5-9-16(19-12)17(20)14-10-11-18-15-8-4-3-7-13(14)15/h2-4,7-8,10-12,16-17,19-20H,1,5-6,9H2/t12-,16+,17-/m1/s1. The minimum absolute atomic E-state index is 0.0811. The first kappa shape index (κ1) is 13.3. The highest BCUT2D eigenvalue weighted by molar-refractivity contribution is 5.82. The van der Waals surface area contributed by atoms with Crippen LogP contribution >= 0.6 is 0 Å². The second-order valence-electron chi connectivity index (χ2n) is 5.41. The summed E-state index contributed by atoms with van der Waals surface area (Å²) in [6, 6.07) is 10.3. The molecule has 0 amide bonds. The Hall–Kier alpha value is -1.71. The molecule has 1 aliphatic rings. The van der Waals surface area contributed by atoms with Crippen molar-refractivity contribution in [1.29, 1.82) is 0 Å². The third kappa shape index (κ3) is 2.47. The van der Waals surface area contributed by atoms with Crippen molar-refractivity contribution in [3.8, 4) is 0 Å². The lowest BCUT2D eigenvalue weighted by Crippen LogP contribution is -2.44. The number of hydrogen-bond acceptors (Lipinski definition) is 3. The highest BCUT2D eigenvalue weighted by Crippen LogP contribution is 2.29. The SMILES string of the molecule is C=C[C@@H]1CCC[C@@H]([C@H](O)c2ccnc3ccccc23)N1. The van der Waals surface area contributed by atoms with Crippen molar-refractivity contribution < 1.29 is 5.11 Å². The van der Waals surface area contributed by atoms with E-state index in [1.165, 1.54) is 0 Å². The number of piperidine rings is 1. The smallest absolute Gasteiger partial charge is 0.0950 e. The van der Waals surface area contributed by atoms with Gasteiger partial charge in [0.25, 0.3) is 0 Å². The highest BCUT2D eigenvalue weighted by Gasteiger charge is 2.27. The van der Waals surface area contributed by atoms with Gasteiger partial charge in [-0.2, -0.15) is 0 Å². The summed E-state index contributed by atoms with van der Waals surface area (Å²) in [6.07, 6.45) is 6.41. The van der Waals surface area contributed by atoms with E-state index in [4.69, 9.17) is 0 Å². The molecule has 3 atom stereocenters. The maximum Gasteiger partial charge on any atom is 0.0950 e. The number of aliphatic hydroxyl groups is 1. The summed E-state index contributed by atoms with van der Waals surface area (Å²) in [5, 5.41) is 15.2. The van der Waals surface area contributed by atoms with Gasteiger partial charge in [-0.15, -0.1) is 6.58 Å². The molecular formula is C17H20N2O. The Kier molecular flexibility index (Phi) is 3.81. The monoisotopic (exact) mass is 268 g/mol. The quantitative estimate of drug-likeness (QED) is 0.841. The number of hydrogen-bond donors (Lipinski definition) is 2. The molecule has 1 fully saturated rings. The molecule has 1 aromatic heterocycles. The lowest BCUT2D eigenvalue weighted by Gasteiger charge is -2.33. The lowest BCUT2D eigenvalue weighted by atomic mass is 9.90. The summed E-state index contributed by atoms with van der Waals surface area (Å²) in [5.41, 5.74) is 1.89. The predicted octanol–water partition coefficient (Wildman–Crippen LogP) is 2.96. The van der Waals surface area contributed by atoms with Crippen molar-refractivity contribution in [3.05, 3.63) is 54.7 Å².